The molecule has 0 spiro atoms. The molecule has 4 aromatic carbocycles. The summed E-state index contributed by atoms with van der Waals surface area (Å²) in [5, 5.41) is 6.18. The lowest BCUT2D eigenvalue weighted by Gasteiger charge is -2.34. The number of amides is 1. The first kappa shape index (κ1) is 24.4. The van der Waals surface area contributed by atoms with Gasteiger partial charge >= 0.3 is 5.97 Å². The number of esters is 1. The lowest BCUT2D eigenvalue weighted by molar-refractivity contribution is -0.143. The highest BCUT2D eigenvalue weighted by Crippen LogP contribution is 2.66. The molecule has 0 aliphatic carbocycles. The molecule has 1 atom stereocenters. The molecule has 4 aromatic rings. The van der Waals surface area contributed by atoms with Crippen molar-refractivity contribution in [1.82, 2.24) is 5.32 Å². The van der Waals surface area contributed by atoms with Crippen molar-refractivity contribution < 1.29 is 14.3 Å². The number of hydrogen-bond donors (Lipinski definition) is 1. The lowest BCUT2D eigenvalue weighted by Crippen LogP contribution is -2.43. The van der Waals surface area contributed by atoms with Crippen molar-refractivity contribution in [3.8, 4) is 0 Å². The fourth-order valence-corrected chi connectivity index (χ4v) is 9.32. The van der Waals surface area contributed by atoms with Crippen molar-refractivity contribution in [3.63, 3.8) is 0 Å². The molecular weight excluding hydrogens is 453 g/mol. The van der Waals surface area contributed by atoms with Crippen LogP contribution in [0.25, 0.3) is 0 Å². The second-order valence-corrected chi connectivity index (χ2v) is 11.6. The number of benzene rings is 4. The van der Waals surface area contributed by atoms with Crippen LogP contribution in [0.4, 0.5) is 0 Å². The summed E-state index contributed by atoms with van der Waals surface area (Å²) in [7, 11) is -2.58. The van der Waals surface area contributed by atoms with Crippen LogP contribution in [0.3, 0.4) is 0 Å². The van der Waals surface area contributed by atoms with Crippen LogP contribution < -0.4 is 21.2 Å². The summed E-state index contributed by atoms with van der Waals surface area (Å²) in [5.74, 6) is -0.648. The van der Waals surface area contributed by atoms with Gasteiger partial charge < -0.3 is 10.1 Å². The topological polar surface area (TPSA) is 55.4 Å². The summed E-state index contributed by atoms with van der Waals surface area (Å²) in [4.78, 5) is 26.3. The van der Waals surface area contributed by atoms with E-state index in [0.29, 0.717) is 0 Å². The van der Waals surface area contributed by atoms with E-state index in [1.165, 1.54) is 0 Å². The number of carbonyl (C=O) groups is 2. The van der Waals surface area contributed by atoms with Gasteiger partial charge in [0.2, 0.25) is 0 Å². The van der Waals surface area contributed by atoms with Crippen LogP contribution in [0.15, 0.2) is 121 Å². The van der Waals surface area contributed by atoms with Crippen LogP contribution in [0.2, 0.25) is 0 Å². The zero-order valence-electron chi connectivity index (χ0n) is 19.7. The van der Waals surface area contributed by atoms with Gasteiger partial charge in [-0.25, -0.2) is 0 Å². The minimum atomic E-state index is -2.58. The Balaban J connectivity index is 2.00. The van der Waals surface area contributed by atoms with Gasteiger partial charge in [-0.3, -0.25) is 9.59 Å². The number of hydrogen-bond acceptors (Lipinski definition) is 3. The van der Waals surface area contributed by atoms with Crippen LogP contribution in [-0.2, 0) is 14.3 Å². The smallest absolute Gasteiger partial charge is 0.325 e. The molecule has 0 aliphatic heterocycles. The molecule has 0 saturated heterocycles. The first-order valence-corrected chi connectivity index (χ1v) is 13.6. The second kappa shape index (κ2) is 11.6. The Kier molecular flexibility index (Phi) is 8.07. The average molecular weight is 483 g/mol. The van der Waals surface area contributed by atoms with E-state index in [2.05, 4.69) is 41.7 Å². The Bertz CT molecular complexity index is 1140. The molecule has 0 bridgehead atoms. The normalized spacial score (nSPS) is 11.9. The molecule has 0 fully saturated rings. The Morgan fingerprint density at radius 1 is 0.686 bits per heavy atom. The van der Waals surface area contributed by atoms with Crippen molar-refractivity contribution in [2.24, 2.45) is 0 Å². The molecule has 176 valence electrons. The van der Waals surface area contributed by atoms with Gasteiger partial charge in [0.05, 0.1) is 6.61 Å². The summed E-state index contributed by atoms with van der Waals surface area (Å²) < 4.78 is 5.07. The number of rotatable bonds is 9. The molecular formula is C30H29NO3P+. The maximum Gasteiger partial charge on any atom is 0.325 e. The molecule has 4 rings (SSSR count). The quantitative estimate of drug-likeness (QED) is 0.284. The molecule has 4 nitrogen and oxygen atoms in total. The van der Waals surface area contributed by atoms with E-state index in [-0.39, 0.29) is 19.1 Å². The van der Waals surface area contributed by atoms with E-state index >= 15 is 0 Å². The first-order chi connectivity index (χ1) is 17.2. The highest BCUT2D eigenvalue weighted by molar-refractivity contribution is 7.96. The van der Waals surface area contributed by atoms with E-state index in [4.69, 9.17) is 4.74 Å². The van der Waals surface area contributed by atoms with Gasteiger partial charge in [-0.05, 0) is 43.3 Å². The third-order valence-corrected chi connectivity index (χ3v) is 10.6. The van der Waals surface area contributed by atoms with Crippen LogP contribution in [-0.4, -0.2) is 25.0 Å². The predicted molar refractivity (Wildman–Crippen MR) is 144 cm³/mol. The molecule has 1 amide bonds. The van der Waals surface area contributed by atoms with Gasteiger partial charge in [0.25, 0.3) is 5.91 Å². The van der Waals surface area contributed by atoms with E-state index in [1.54, 1.807) is 6.92 Å². The average Bonchev–Trinajstić information content (AvgIpc) is 2.92. The van der Waals surface area contributed by atoms with Crippen molar-refractivity contribution in [1.29, 1.82) is 0 Å². The van der Waals surface area contributed by atoms with Crippen molar-refractivity contribution in [2.75, 3.05) is 13.2 Å². The Labute approximate surface area is 207 Å². The fraction of sp³-hybridized carbons (Fsp3) is 0.133. The fourth-order valence-electron chi connectivity index (χ4n) is 4.54. The highest BCUT2D eigenvalue weighted by atomic mass is 31.2. The van der Waals surface area contributed by atoms with Gasteiger partial charge in [0.15, 0.2) is 5.66 Å². The Hall–Kier alpha value is -3.75. The zero-order valence-corrected chi connectivity index (χ0v) is 20.6. The molecule has 0 aliphatic rings. The summed E-state index contributed by atoms with van der Waals surface area (Å²) in [5.41, 5.74) is 0.351. The number of nitrogens with one attached hydrogen (secondary N) is 1. The van der Waals surface area contributed by atoms with E-state index in [1.807, 2.05) is 84.9 Å². The van der Waals surface area contributed by atoms with E-state index in [9.17, 15) is 9.59 Å². The van der Waals surface area contributed by atoms with Crippen LogP contribution in [0.1, 0.15) is 18.1 Å². The van der Waals surface area contributed by atoms with Crippen molar-refractivity contribution in [2.45, 2.75) is 12.6 Å². The molecule has 1 N–H and O–H groups in total. The van der Waals surface area contributed by atoms with Gasteiger partial charge in [0.1, 0.15) is 29.7 Å². The molecule has 0 saturated carbocycles. The summed E-state index contributed by atoms with van der Waals surface area (Å²) in [6.07, 6.45) is 0. The maximum absolute atomic E-state index is 14.1. The largest absolute Gasteiger partial charge is 0.465 e. The van der Waals surface area contributed by atoms with Crippen molar-refractivity contribution in [3.05, 3.63) is 127 Å². The van der Waals surface area contributed by atoms with Crippen LogP contribution in [0.5, 0.6) is 0 Å². The minimum Gasteiger partial charge on any atom is -0.465 e. The van der Waals surface area contributed by atoms with Gasteiger partial charge in [-0.2, -0.15) is 0 Å². The molecule has 0 radical (unpaired) electrons. The van der Waals surface area contributed by atoms with Crippen LogP contribution >= 0.6 is 7.26 Å². The monoisotopic (exact) mass is 482 g/mol. The lowest BCUT2D eigenvalue weighted by atomic mass is 10.1. The van der Waals surface area contributed by atoms with Crippen molar-refractivity contribution >= 4 is 35.1 Å². The van der Waals surface area contributed by atoms with Crippen LogP contribution in [0, 0.1) is 0 Å². The molecule has 35 heavy (non-hydrogen) atoms. The van der Waals surface area contributed by atoms with Gasteiger partial charge in [-0.15, -0.1) is 0 Å². The summed E-state index contributed by atoms with van der Waals surface area (Å²) >= 11 is 0. The van der Waals surface area contributed by atoms with Gasteiger partial charge in [-0.1, -0.05) is 84.9 Å². The first-order valence-electron chi connectivity index (χ1n) is 11.7. The third-order valence-electron chi connectivity index (χ3n) is 5.95. The number of ether oxygens (including phenoxy) is 1. The minimum absolute atomic E-state index is 0.172. The predicted octanol–water partition coefficient (Wildman–Crippen LogP) is 4.40. The number of carbonyl (C=O) groups excluding carboxylic acids is 2. The van der Waals surface area contributed by atoms with E-state index in [0.717, 1.165) is 21.5 Å². The standard InChI is InChI=1S/C30H28NO3P/c1-2-34-28(32)23-31-30(33)29(24-15-7-3-8-16-24)35(25-17-9-4-10-18-25,26-19-11-5-12-20-26)27-21-13-6-14-22-27/h3-22,29H,2,23H2,1H3/p+1. The molecule has 5 heteroatoms. The zero-order chi connectivity index (χ0) is 24.5. The Morgan fingerprint density at radius 3 is 1.49 bits per heavy atom. The summed E-state index contributed by atoms with van der Waals surface area (Å²) in [6.45, 7) is 1.85. The third kappa shape index (κ3) is 5.18. The Morgan fingerprint density at radius 2 is 1.09 bits per heavy atom. The maximum atomic E-state index is 14.1. The SMILES string of the molecule is CCOC(=O)CNC(=O)C(c1ccccc1)[P+](c1ccccc1)(c1ccccc1)c1ccccc1. The summed E-state index contributed by atoms with van der Waals surface area (Å²) in [6, 6.07) is 40.6. The second-order valence-electron chi connectivity index (χ2n) is 8.07. The highest BCUT2D eigenvalue weighted by Gasteiger charge is 2.56. The molecule has 0 heterocycles. The molecule has 1 unspecified atom stereocenters. The van der Waals surface area contributed by atoms with Gasteiger partial charge in [0, 0.05) is 5.56 Å². The molecule has 0 aromatic heterocycles. The van der Waals surface area contributed by atoms with E-state index < -0.39 is 18.9 Å².